The van der Waals surface area contributed by atoms with Crippen molar-refractivity contribution in [3.05, 3.63) is 90.0 Å². The second kappa shape index (κ2) is 7.55. The quantitative estimate of drug-likeness (QED) is 0.445. The Kier molecular flexibility index (Phi) is 4.71. The van der Waals surface area contributed by atoms with E-state index in [1.165, 1.54) is 12.3 Å². The number of nitrogens with zero attached hydrogens (tertiary/aromatic N) is 4. The van der Waals surface area contributed by atoms with Gasteiger partial charge in [0.1, 0.15) is 17.9 Å². The van der Waals surface area contributed by atoms with Gasteiger partial charge in [-0.25, -0.2) is 14.4 Å². The summed E-state index contributed by atoms with van der Waals surface area (Å²) < 4.78 is 27.1. The maximum absolute atomic E-state index is 14.3. The van der Waals surface area contributed by atoms with E-state index in [2.05, 4.69) is 21.7 Å². The van der Waals surface area contributed by atoms with E-state index in [9.17, 15) is 4.39 Å². The van der Waals surface area contributed by atoms with Crippen LogP contribution in [0.15, 0.2) is 66.0 Å². The number of rotatable bonds is 8. The van der Waals surface area contributed by atoms with E-state index in [4.69, 9.17) is 15.0 Å². The number of nitrogens with two attached hydrogens (primary N) is 1. The van der Waals surface area contributed by atoms with Gasteiger partial charge in [-0.3, -0.25) is 0 Å². The maximum Gasteiger partial charge on any atom is 0.258 e. The molecular formula is C23H21FN5O2+. The monoisotopic (exact) mass is 418 g/mol. The van der Waals surface area contributed by atoms with Gasteiger partial charge in [0.2, 0.25) is 11.5 Å². The summed E-state index contributed by atoms with van der Waals surface area (Å²) in [7, 11) is 0. The number of benzene rings is 1. The van der Waals surface area contributed by atoms with E-state index in [0.29, 0.717) is 36.1 Å². The van der Waals surface area contributed by atoms with Gasteiger partial charge in [0.05, 0.1) is 23.8 Å². The Labute approximate surface area is 178 Å². The average Bonchev–Trinajstić information content (AvgIpc) is 3.35. The van der Waals surface area contributed by atoms with E-state index >= 15 is 0 Å². The Hall–Kier alpha value is -3.65. The molecule has 1 aliphatic carbocycles. The third kappa shape index (κ3) is 3.44. The standard InChI is InChI=1S/C23H21FN5O2/c1-2-10-30-23(8-9-23)16-13-26-22(27-21(16)25)20-12-19(18-7-11-31-28-18)29(20)14-15-5-3-4-6-17(15)24/h2-7,11-13H,1,8-10,14H2,(H2,25,26,27)/q+1. The summed E-state index contributed by atoms with van der Waals surface area (Å²) in [5.41, 5.74) is 9.39. The van der Waals surface area contributed by atoms with Crippen molar-refractivity contribution < 1.29 is 18.2 Å². The molecule has 5 rings (SSSR count). The van der Waals surface area contributed by atoms with Crippen molar-refractivity contribution in [2.45, 2.75) is 25.0 Å². The Bertz CT molecular complexity index is 1210. The van der Waals surface area contributed by atoms with Gasteiger partial charge in [-0.2, -0.15) is 4.58 Å². The Morgan fingerprint density at radius 1 is 1.29 bits per heavy atom. The van der Waals surface area contributed by atoms with Crippen LogP contribution in [0.5, 0.6) is 0 Å². The fourth-order valence-corrected chi connectivity index (χ4v) is 3.75. The highest BCUT2D eigenvalue weighted by Gasteiger charge is 2.48. The molecule has 1 aliphatic heterocycles. The van der Waals surface area contributed by atoms with E-state index in [0.717, 1.165) is 29.8 Å². The van der Waals surface area contributed by atoms with E-state index < -0.39 is 5.60 Å². The number of aromatic nitrogens is 3. The van der Waals surface area contributed by atoms with Crippen molar-refractivity contribution >= 4 is 17.2 Å². The second-order valence-corrected chi connectivity index (χ2v) is 7.56. The second-order valence-electron chi connectivity index (χ2n) is 7.56. The normalized spacial score (nSPS) is 16.6. The zero-order chi connectivity index (χ0) is 21.4. The number of anilines is 1. The van der Waals surface area contributed by atoms with Crippen LogP contribution in [0.2, 0.25) is 0 Å². The minimum absolute atomic E-state index is 0.279. The molecule has 8 heteroatoms. The van der Waals surface area contributed by atoms with Crippen molar-refractivity contribution in [1.82, 2.24) is 15.1 Å². The first-order valence-corrected chi connectivity index (χ1v) is 10.00. The number of ether oxygens (including phenoxy) is 1. The third-order valence-electron chi connectivity index (χ3n) is 5.56. The van der Waals surface area contributed by atoms with Gasteiger partial charge in [-0.15, -0.1) is 6.58 Å². The molecule has 1 saturated carbocycles. The number of hydrogen-bond donors (Lipinski definition) is 1. The van der Waals surface area contributed by atoms with Crippen molar-refractivity contribution in [1.29, 1.82) is 0 Å². The lowest BCUT2D eigenvalue weighted by molar-refractivity contribution is -0.458. The topological polar surface area (TPSA) is 90.1 Å². The molecule has 2 aliphatic rings. The van der Waals surface area contributed by atoms with Gasteiger partial charge in [-0.1, -0.05) is 23.4 Å². The fraction of sp³-hybridized carbons (Fsp3) is 0.217. The van der Waals surface area contributed by atoms with Crippen LogP contribution in [0.1, 0.15) is 35.5 Å². The van der Waals surface area contributed by atoms with Crippen molar-refractivity contribution in [2.24, 2.45) is 0 Å². The van der Waals surface area contributed by atoms with Gasteiger partial charge in [0.25, 0.3) is 5.71 Å². The molecular weight excluding hydrogens is 397 g/mol. The minimum Gasteiger partial charge on any atom is -0.383 e. The van der Waals surface area contributed by atoms with Gasteiger partial charge >= 0.3 is 0 Å². The molecule has 0 bridgehead atoms. The molecule has 156 valence electrons. The first-order chi connectivity index (χ1) is 15.1. The molecule has 31 heavy (non-hydrogen) atoms. The fourth-order valence-electron chi connectivity index (χ4n) is 3.75. The predicted molar refractivity (Wildman–Crippen MR) is 112 cm³/mol. The highest BCUT2D eigenvalue weighted by atomic mass is 19.1. The first kappa shape index (κ1) is 19.3. The van der Waals surface area contributed by atoms with Crippen LogP contribution in [0.3, 0.4) is 0 Å². The molecule has 0 radical (unpaired) electrons. The molecule has 2 N–H and O–H groups in total. The lowest BCUT2D eigenvalue weighted by atomic mass is 10.1. The molecule has 0 atom stereocenters. The smallest absolute Gasteiger partial charge is 0.258 e. The van der Waals surface area contributed by atoms with Crippen molar-refractivity contribution in [3.63, 3.8) is 0 Å². The Morgan fingerprint density at radius 2 is 2.13 bits per heavy atom. The lowest BCUT2D eigenvalue weighted by Crippen LogP contribution is -2.30. The Balaban J connectivity index is 1.49. The first-order valence-electron chi connectivity index (χ1n) is 10.00. The number of halogens is 1. The molecule has 3 aromatic rings. The summed E-state index contributed by atoms with van der Waals surface area (Å²) >= 11 is 0. The molecule has 0 spiro atoms. The molecule has 1 aromatic carbocycles. The molecule has 2 aromatic heterocycles. The van der Waals surface area contributed by atoms with E-state index in [-0.39, 0.29) is 5.82 Å². The zero-order valence-electron chi connectivity index (χ0n) is 16.8. The van der Waals surface area contributed by atoms with Crippen LogP contribution in [0, 0.1) is 5.82 Å². The maximum atomic E-state index is 14.3. The molecule has 0 unspecified atom stereocenters. The highest BCUT2D eigenvalue weighted by molar-refractivity contribution is 6.11. The van der Waals surface area contributed by atoms with E-state index in [1.54, 1.807) is 36.5 Å². The number of hydrogen-bond acceptors (Lipinski definition) is 6. The van der Waals surface area contributed by atoms with Crippen LogP contribution in [-0.2, 0) is 16.9 Å². The molecule has 0 saturated heterocycles. The summed E-state index contributed by atoms with van der Waals surface area (Å²) in [5, 5.41) is 4.00. The van der Waals surface area contributed by atoms with Crippen molar-refractivity contribution in [3.8, 4) is 0 Å². The average molecular weight is 418 g/mol. The zero-order valence-corrected chi connectivity index (χ0v) is 16.8. The summed E-state index contributed by atoms with van der Waals surface area (Å²) in [6.07, 6.45) is 8.58. The van der Waals surface area contributed by atoms with E-state index in [1.807, 2.05) is 10.7 Å². The molecule has 7 nitrogen and oxygen atoms in total. The molecule has 0 amide bonds. The SMILES string of the molecule is C=CCOC1(c2cnc(C3=[N+](Cc4ccccc4F)C(c4ccon4)=C3)nc2N)CC1. The van der Waals surface area contributed by atoms with Crippen LogP contribution in [-0.4, -0.2) is 32.0 Å². The van der Waals surface area contributed by atoms with Crippen LogP contribution < -0.4 is 5.73 Å². The van der Waals surface area contributed by atoms with Crippen LogP contribution >= 0.6 is 0 Å². The number of allylic oxidation sites excluding steroid dienone is 1. The summed E-state index contributed by atoms with van der Waals surface area (Å²) in [6, 6.07) is 8.41. The largest absolute Gasteiger partial charge is 0.383 e. The third-order valence-corrected chi connectivity index (χ3v) is 5.56. The number of nitrogen functional groups attached to an aromatic ring is 1. The van der Waals surface area contributed by atoms with Gasteiger partial charge in [-0.05, 0) is 25.0 Å². The van der Waals surface area contributed by atoms with Crippen LogP contribution in [0.4, 0.5) is 10.2 Å². The highest BCUT2D eigenvalue weighted by Crippen LogP contribution is 2.50. The van der Waals surface area contributed by atoms with Gasteiger partial charge < -0.3 is 15.0 Å². The predicted octanol–water partition coefficient (Wildman–Crippen LogP) is 3.43. The Morgan fingerprint density at radius 3 is 2.81 bits per heavy atom. The lowest BCUT2D eigenvalue weighted by Gasteiger charge is -2.19. The summed E-state index contributed by atoms with van der Waals surface area (Å²) in [5.74, 6) is 0.566. The van der Waals surface area contributed by atoms with Gasteiger partial charge in [0.15, 0.2) is 12.2 Å². The van der Waals surface area contributed by atoms with Crippen LogP contribution in [0.25, 0.3) is 5.70 Å². The summed E-state index contributed by atoms with van der Waals surface area (Å²) in [6.45, 7) is 4.45. The van der Waals surface area contributed by atoms with Gasteiger partial charge in [0, 0.05) is 17.8 Å². The summed E-state index contributed by atoms with van der Waals surface area (Å²) in [4.78, 5) is 9.09. The molecule has 1 fully saturated rings. The minimum atomic E-state index is -0.421. The van der Waals surface area contributed by atoms with Crippen molar-refractivity contribution in [2.75, 3.05) is 12.3 Å². The molecule has 3 heterocycles.